The summed E-state index contributed by atoms with van der Waals surface area (Å²) in [6, 6.07) is 5.66. The summed E-state index contributed by atoms with van der Waals surface area (Å²) in [7, 11) is 0. The first-order chi connectivity index (χ1) is 9.65. The standard InChI is InChI=1S/C16H20N2O2/c1-3-12(4-2)18-14-9-11(16(19)20)7-8-13(14)17-15(18)10-5-6-10/h7-10,12H,3-6H2,1-2H3,(H,19,20). The SMILES string of the molecule is CCC(CC)n1c(C2CC2)nc2ccc(C(=O)O)cc21. The Labute approximate surface area is 118 Å². The molecule has 4 heteroatoms. The van der Waals surface area contributed by atoms with Gasteiger partial charge >= 0.3 is 5.97 Å². The van der Waals surface area contributed by atoms with Crippen molar-refractivity contribution < 1.29 is 9.90 Å². The second-order valence-corrected chi connectivity index (χ2v) is 5.59. The molecule has 1 aliphatic rings. The van der Waals surface area contributed by atoms with E-state index in [2.05, 4.69) is 18.4 Å². The molecule has 0 amide bonds. The second-order valence-electron chi connectivity index (χ2n) is 5.59. The van der Waals surface area contributed by atoms with E-state index in [-0.39, 0.29) is 0 Å². The van der Waals surface area contributed by atoms with Gasteiger partial charge in [0.1, 0.15) is 5.82 Å². The third-order valence-corrected chi connectivity index (χ3v) is 4.21. The van der Waals surface area contributed by atoms with Crippen LogP contribution in [-0.2, 0) is 0 Å². The van der Waals surface area contributed by atoms with Gasteiger partial charge < -0.3 is 9.67 Å². The number of carbonyl (C=O) groups is 1. The first kappa shape index (κ1) is 13.2. The molecule has 1 fully saturated rings. The van der Waals surface area contributed by atoms with Crippen LogP contribution in [0.15, 0.2) is 18.2 Å². The molecule has 106 valence electrons. The number of aromatic nitrogens is 2. The third-order valence-electron chi connectivity index (χ3n) is 4.21. The lowest BCUT2D eigenvalue weighted by Gasteiger charge is -2.19. The Kier molecular flexibility index (Phi) is 3.24. The van der Waals surface area contributed by atoms with Crippen molar-refractivity contribution in [2.45, 2.75) is 51.5 Å². The van der Waals surface area contributed by atoms with E-state index in [4.69, 9.17) is 4.98 Å². The van der Waals surface area contributed by atoms with Crippen LogP contribution in [0.25, 0.3) is 11.0 Å². The lowest BCUT2D eigenvalue weighted by atomic mass is 10.1. The summed E-state index contributed by atoms with van der Waals surface area (Å²) in [4.78, 5) is 16.0. The van der Waals surface area contributed by atoms with Gasteiger partial charge in [0.2, 0.25) is 0 Å². The highest BCUT2D eigenvalue weighted by Gasteiger charge is 2.31. The predicted octanol–water partition coefficient (Wildman–Crippen LogP) is 3.97. The number of nitrogens with zero attached hydrogens (tertiary/aromatic N) is 2. The van der Waals surface area contributed by atoms with Crippen LogP contribution in [0.4, 0.5) is 0 Å². The molecule has 0 unspecified atom stereocenters. The topological polar surface area (TPSA) is 55.1 Å². The van der Waals surface area contributed by atoms with Gasteiger partial charge in [-0.15, -0.1) is 0 Å². The summed E-state index contributed by atoms with van der Waals surface area (Å²) in [5.74, 6) is 0.838. The van der Waals surface area contributed by atoms with E-state index in [1.165, 1.54) is 12.8 Å². The second kappa shape index (κ2) is 4.93. The maximum Gasteiger partial charge on any atom is 0.335 e. The number of carboxylic acid groups (broad SMARTS) is 1. The largest absolute Gasteiger partial charge is 0.478 e. The highest BCUT2D eigenvalue weighted by molar-refractivity contribution is 5.92. The number of hydrogen-bond donors (Lipinski definition) is 1. The lowest BCUT2D eigenvalue weighted by Crippen LogP contribution is -2.10. The Morgan fingerprint density at radius 2 is 2.10 bits per heavy atom. The summed E-state index contributed by atoms with van der Waals surface area (Å²) >= 11 is 0. The minimum atomic E-state index is -0.878. The molecule has 1 aliphatic carbocycles. The van der Waals surface area contributed by atoms with E-state index in [9.17, 15) is 9.90 Å². The first-order valence-corrected chi connectivity index (χ1v) is 7.40. The van der Waals surface area contributed by atoms with Gasteiger partial charge in [-0.25, -0.2) is 9.78 Å². The van der Waals surface area contributed by atoms with Crippen molar-refractivity contribution in [1.29, 1.82) is 0 Å². The van der Waals surface area contributed by atoms with Crippen LogP contribution in [0.3, 0.4) is 0 Å². The summed E-state index contributed by atoms with van der Waals surface area (Å²) in [5.41, 5.74) is 2.23. The molecule has 20 heavy (non-hydrogen) atoms. The van der Waals surface area contributed by atoms with Crippen molar-refractivity contribution >= 4 is 17.0 Å². The number of fused-ring (bicyclic) bond motifs is 1. The van der Waals surface area contributed by atoms with Gasteiger partial charge in [0.05, 0.1) is 16.6 Å². The zero-order chi connectivity index (χ0) is 14.3. The van der Waals surface area contributed by atoms with Crippen LogP contribution in [0.2, 0.25) is 0 Å². The maximum atomic E-state index is 11.2. The van der Waals surface area contributed by atoms with Crippen LogP contribution in [0.1, 0.15) is 67.7 Å². The Hall–Kier alpha value is -1.84. The molecule has 0 atom stereocenters. The van der Waals surface area contributed by atoms with Crippen LogP contribution in [0.5, 0.6) is 0 Å². The number of benzene rings is 1. The molecule has 4 nitrogen and oxygen atoms in total. The van der Waals surface area contributed by atoms with Gasteiger partial charge in [0.25, 0.3) is 0 Å². The molecular weight excluding hydrogens is 252 g/mol. The van der Waals surface area contributed by atoms with E-state index in [1.807, 2.05) is 6.07 Å². The molecule has 1 saturated carbocycles. The van der Waals surface area contributed by atoms with Crippen LogP contribution >= 0.6 is 0 Å². The zero-order valence-corrected chi connectivity index (χ0v) is 12.0. The zero-order valence-electron chi connectivity index (χ0n) is 12.0. The lowest BCUT2D eigenvalue weighted by molar-refractivity contribution is 0.0697. The van der Waals surface area contributed by atoms with Crippen LogP contribution in [-0.4, -0.2) is 20.6 Å². The number of imidazole rings is 1. The summed E-state index contributed by atoms with van der Waals surface area (Å²) in [6.45, 7) is 4.36. The Morgan fingerprint density at radius 3 is 2.65 bits per heavy atom. The fraction of sp³-hybridized carbons (Fsp3) is 0.500. The van der Waals surface area contributed by atoms with Crippen LogP contribution < -0.4 is 0 Å². The van der Waals surface area contributed by atoms with Crippen molar-refractivity contribution in [2.75, 3.05) is 0 Å². The molecule has 1 aromatic heterocycles. The summed E-state index contributed by atoms with van der Waals surface area (Å²) in [5, 5.41) is 9.19. The molecule has 0 spiro atoms. The first-order valence-electron chi connectivity index (χ1n) is 7.40. The van der Waals surface area contributed by atoms with E-state index in [1.54, 1.807) is 12.1 Å². The number of rotatable bonds is 5. The third kappa shape index (κ3) is 2.09. The molecule has 1 heterocycles. The van der Waals surface area contributed by atoms with Gasteiger partial charge in [-0.05, 0) is 43.9 Å². The molecular formula is C16H20N2O2. The molecule has 3 rings (SSSR count). The average Bonchev–Trinajstić information content (AvgIpc) is 3.22. The summed E-state index contributed by atoms with van der Waals surface area (Å²) in [6.07, 6.45) is 4.49. The van der Waals surface area contributed by atoms with Crippen molar-refractivity contribution in [3.05, 3.63) is 29.6 Å². The summed E-state index contributed by atoms with van der Waals surface area (Å²) < 4.78 is 2.29. The molecule has 0 bridgehead atoms. The quantitative estimate of drug-likeness (QED) is 0.895. The Bertz CT molecular complexity index is 652. The van der Waals surface area contributed by atoms with Gasteiger partial charge in [0.15, 0.2) is 0 Å². The van der Waals surface area contributed by atoms with Gasteiger partial charge in [0, 0.05) is 12.0 Å². The monoisotopic (exact) mass is 272 g/mol. The van der Waals surface area contributed by atoms with E-state index in [0.29, 0.717) is 17.5 Å². The molecule has 0 aliphatic heterocycles. The highest BCUT2D eigenvalue weighted by atomic mass is 16.4. The minimum Gasteiger partial charge on any atom is -0.478 e. The van der Waals surface area contributed by atoms with Gasteiger partial charge in [-0.3, -0.25) is 0 Å². The predicted molar refractivity (Wildman–Crippen MR) is 78.3 cm³/mol. The van der Waals surface area contributed by atoms with Crippen molar-refractivity contribution in [3.63, 3.8) is 0 Å². The fourth-order valence-electron chi connectivity index (χ4n) is 2.91. The highest BCUT2D eigenvalue weighted by Crippen LogP contribution is 2.42. The number of hydrogen-bond acceptors (Lipinski definition) is 2. The smallest absolute Gasteiger partial charge is 0.335 e. The number of carboxylic acids is 1. The molecule has 1 aromatic carbocycles. The maximum absolute atomic E-state index is 11.2. The normalized spacial score (nSPS) is 15.2. The van der Waals surface area contributed by atoms with Crippen LogP contribution in [0, 0.1) is 0 Å². The van der Waals surface area contributed by atoms with E-state index < -0.39 is 5.97 Å². The Balaban J connectivity index is 2.22. The fourth-order valence-corrected chi connectivity index (χ4v) is 2.91. The minimum absolute atomic E-state index is 0.340. The van der Waals surface area contributed by atoms with E-state index in [0.717, 1.165) is 29.7 Å². The number of aromatic carboxylic acids is 1. The van der Waals surface area contributed by atoms with Gasteiger partial charge in [-0.1, -0.05) is 13.8 Å². The average molecular weight is 272 g/mol. The van der Waals surface area contributed by atoms with Crippen molar-refractivity contribution in [1.82, 2.24) is 9.55 Å². The molecule has 0 radical (unpaired) electrons. The molecule has 1 N–H and O–H groups in total. The molecule has 2 aromatic rings. The Morgan fingerprint density at radius 1 is 1.40 bits per heavy atom. The van der Waals surface area contributed by atoms with E-state index >= 15 is 0 Å². The van der Waals surface area contributed by atoms with Gasteiger partial charge in [-0.2, -0.15) is 0 Å². The van der Waals surface area contributed by atoms with Crippen molar-refractivity contribution in [2.24, 2.45) is 0 Å². The molecule has 0 saturated heterocycles. The van der Waals surface area contributed by atoms with Crippen molar-refractivity contribution in [3.8, 4) is 0 Å².